The zero-order chi connectivity index (χ0) is 23.8. The Morgan fingerprint density at radius 3 is 2.52 bits per heavy atom. The van der Waals surface area contributed by atoms with Crippen molar-refractivity contribution >= 4 is 58.1 Å². The molecule has 172 valence electrons. The second-order valence-electron chi connectivity index (χ2n) is 8.45. The first-order chi connectivity index (χ1) is 15.7. The molecule has 2 aliphatic rings. The molecular formula is C23H22IN3O5S. The molecule has 8 nitrogen and oxygen atoms in total. The first kappa shape index (κ1) is 23.7. The van der Waals surface area contributed by atoms with Gasteiger partial charge >= 0.3 is 5.97 Å². The van der Waals surface area contributed by atoms with Crippen molar-refractivity contribution < 1.29 is 19.2 Å². The van der Waals surface area contributed by atoms with Gasteiger partial charge in [0.05, 0.1) is 4.92 Å². The van der Waals surface area contributed by atoms with Gasteiger partial charge < -0.3 is 9.64 Å². The number of hydrogen-bond acceptors (Lipinski definition) is 7. The average Bonchev–Trinajstić information content (AvgIpc) is 3.07. The number of carbonyl (C=O) groups is 2. The molecule has 2 aliphatic heterocycles. The molecule has 4 rings (SSSR count). The van der Waals surface area contributed by atoms with Crippen LogP contribution >= 0.6 is 34.4 Å². The van der Waals surface area contributed by atoms with Gasteiger partial charge in [0.15, 0.2) is 5.54 Å². The Bertz CT molecular complexity index is 1110. The maximum absolute atomic E-state index is 13.3. The summed E-state index contributed by atoms with van der Waals surface area (Å²) in [4.78, 5) is 43.0. The maximum atomic E-state index is 13.3. The lowest BCUT2D eigenvalue weighted by molar-refractivity contribution is -0.384. The fourth-order valence-corrected chi connectivity index (χ4v) is 6.97. The molecule has 0 bridgehead atoms. The van der Waals surface area contributed by atoms with Gasteiger partial charge in [-0.05, 0) is 37.1 Å². The van der Waals surface area contributed by atoms with E-state index < -0.39 is 27.2 Å². The van der Waals surface area contributed by atoms with E-state index in [4.69, 9.17) is 4.74 Å². The summed E-state index contributed by atoms with van der Waals surface area (Å²) in [6.07, 6.45) is 1.58. The Kier molecular flexibility index (Phi) is 6.50. The van der Waals surface area contributed by atoms with Crippen molar-refractivity contribution in [2.45, 2.75) is 42.2 Å². The number of esters is 1. The third kappa shape index (κ3) is 4.25. The van der Waals surface area contributed by atoms with E-state index in [1.165, 1.54) is 12.1 Å². The molecule has 1 amide bonds. The smallest absolute Gasteiger partial charge is 0.330 e. The van der Waals surface area contributed by atoms with Gasteiger partial charge in [-0.3, -0.25) is 19.9 Å². The lowest BCUT2D eigenvalue weighted by Gasteiger charge is -2.50. The zero-order valence-electron chi connectivity index (χ0n) is 18.0. The molecule has 0 aromatic heterocycles. The van der Waals surface area contributed by atoms with Crippen molar-refractivity contribution in [3.63, 3.8) is 0 Å². The van der Waals surface area contributed by atoms with Gasteiger partial charge in [-0.2, -0.15) is 0 Å². The van der Waals surface area contributed by atoms with Crippen molar-refractivity contribution in [1.29, 1.82) is 0 Å². The Labute approximate surface area is 209 Å². The highest BCUT2D eigenvalue weighted by atomic mass is 127. The summed E-state index contributed by atoms with van der Waals surface area (Å²) >= 11 is 3.70. The number of hydrogen-bond donors (Lipinski definition) is 0. The minimum atomic E-state index is -0.987. The van der Waals surface area contributed by atoms with Crippen molar-refractivity contribution in [1.82, 2.24) is 4.90 Å². The van der Waals surface area contributed by atoms with E-state index in [9.17, 15) is 19.7 Å². The first-order valence-corrected chi connectivity index (χ1v) is 12.7. The maximum Gasteiger partial charge on any atom is 0.330 e. The number of nitro benzene ring substituents is 1. The monoisotopic (exact) mass is 579 g/mol. The number of halogens is 1. The largest absolute Gasteiger partial charge is 0.459 e. The molecule has 0 spiro atoms. The van der Waals surface area contributed by atoms with Gasteiger partial charge in [-0.15, -0.1) is 11.8 Å². The number of β-lactam (4-membered cyclic amide) rings is 1. The van der Waals surface area contributed by atoms with Crippen LogP contribution < -0.4 is 0 Å². The normalized spacial score (nSPS) is 25.5. The number of rotatable bonds is 7. The summed E-state index contributed by atoms with van der Waals surface area (Å²) in [7, 11) is 0. The number of carbonyl (C=O) groups excluding carboxylic acids is 2. The first-order valence-electron chi connectivity index (χ1n) is 10.3. The highest BCUT2D eigenvalue weighted by Crippen LogP contribution is 2.56. The third-order valence-electron chi connectivity index (χ3n) is 5.82. The van der Waals surface area contributed by atoms with Crippen LogP contribution in [-0.2, 0) is 20.9 Å². The van der Waals surface area contributed by atoms with Crippen LogP contribution in [0.2, 0.25) is 0 Å². The van der Waals surface area contributed by atoms with Gasteiger partial charge in [-0.1, -0.05) is 52.9 Å². The number of benzene rings is 2. The summed E-state index contributed by atoms with van der Waals surface area (Å²) in [5.41, 5.74) is 0.553. The quantitative estimate of drug-likeness (QED) is 0.0936. The molecule has 2 heterocycles. The zero-order valence-corrected chi connectivity index (χ0v) is 21.0. The second-order valence-corrected chi connectivity index (χ2v) is 10.9. The third-order valence-corrected chi connectivity index (χ3v) is 8.65. The van der Waals surface area contributed by atoms with Gasteiger partial charge in [-0.25, -0.2) is 4.79 Å². The predicted octanol–water partition coefficient (Wildman–Crippen LogP) is 3.99. The lowest BCUT2D eigenvalue weighted by atomic mass is 9.86. The van der Waals surface area contributed by atoms with Gasteiger partial charge in [0.2, 0.25) is 0 Å². The van der Waals surface area contributed by atoms with Crippen LogP contribution in [0.25, 0.3) is 0 Å². The Hall–Kier alpha value is -2.47. The summed E-state index contributed by atoms with van der Waals surface area (Å²) in [5.74, 6) is -0.631. The SMILES string of the molecule is CC1(C)S[C@H]2N(C(=O)[C@@]2(CI)N=Cc2ccc([N+](=O)[O-])cc2)[C@H]1C(=O)OCc1ccccc1. The minimum absolute atomic E-state index is 0.00777. The average molecular weight is 579 g/mol. The van der Waals surface area contributed by atoms with Crippen molar-refractivity contribution in [3.8, 4) is 0 Å². The standard InChI is InChI=1S/C23H22IN3O5S/c1-22(2)18(19(28)32-13-16-6-4-3-5-7-16)26-20(29)23(14-24,21(26)33-22)25-12-15-8-10-17(11-9-15)27(30)31/h3-12,18,21H,13-14H2,1-2H3/t18-,21+,23+/m0/s1. The summed E-state index contributed by atoms with van der Waals surface area (Å²) in [5, 5.41) is 10.6. The van der Waals surface area contributed by atoms with Crippen LogP contribution in [0.4, 0.5) is 5.69 Å². The number of non-ortho nitro benzene ring substituents is 1. The van der Waals surface area contributed by atoms with Crippen LogP contribution in [0, 0.1) is 10.1 Å². The highest BCUT2D eigenvalue weighted by molar-refractivity contribution is 14.1. The predicted molar refractivity (Wildman–Crippen MR) is 135 cm³/mol. The fraction of sp³-hybridized carbons (Fsp3) is 0.348. The van der Waals surface area contributed by atoms with Gasteiger partial charge in [0.1, 0.15) is 18.0 Å². The topological polar surface area (TPSA) is 102 Å². The van der Waals surface area contributed by atoms with Crippen molar-refractivity contribution in [3.05, 3.63) is 75.8 Å². The van der Waals surface area contributed by atoms with E-state index >= 15 is 0 Å². The summed E-state index contributed by atoms with van der Waals surface area (Å²) in [6.45, 7) is 4.03. The number of fused-ring (bicyclic) bond motifs is 1. The van der Waals surface area contributed by atoms with E-state index in [2.05, 4.69) is 27.6 Å². The lowest BCUT2D eigenvalue weighted by Crippen LogP contribution is -2.73. The van der Waals surface area contributed by atoms with Crippen LogP contribution in [-0.4, -0.2) is 54.0 Å². The number of nitrogens with zero attached hydrogens (tertiary/aromatic N) is 3. The second kappa shape index (κ2) is 9.05. The van der Waals surface area contributed by atoms with E-state index in [0.29, 0.717) is 9.99 Å². The van der Waals surface area contributed by atoms with E-state index in [1.54, 1.807) is 35.0 Å². The molecule has 2 fully saturated rings. The molecule has 0 aliphatic carbocycles. The number of thioether (sulfide) groups is 1. The van der Waals surface area contributed by atoms with Crippen LogP contribution in [0.15, 0.2) is 59.6 Å². The van der Waals surface area contributed by atoms with Crippen molar-refractivity contribution in [2.75, 3.05) is 4.43 Å². The van der Waals surface area contributed by atoms with Gasteiger partial charge in [0.25, 0.3) is 11.6 Å². The highest BCUT2D eigenvalue weighted by Gasteiger charge is 2.71. The molecule has 33 heavy (non-hydrogen) atoms. The molecule has 2 aromatic rings. The van der Waals surface area contributed by atoms with E-state index in [0.717, 1.165) is 5.56 Å². The Balaban J connectivity index is 1.52. The molecule has 2 saturated heterocycles. The van der Waals surface area contributed by atoms with E-state index in [-0.39, 0.29) is 23.6 Å². The van der Waals surface area contributed by atoms with Crippen LogP contribution in [0.3, 0.4) is 0 Å². The van der Waals surface area contributed by atoms with Crippen LogP contribution in [0.1, 0.15) is 25.0 Å². The number of amides is 1. The van der Waals surface area contributed by atoms with E-state index in [1.807, 2.05) is 44.2 Å². The Morgan fingerprint density at radius 2 is 1.91 bits per heavy atom. The molecule has 2 aromatic carbocycles. The van der Waals surface area contributed by atoms with Crippen LogP contribution in [0.5, 0.6) is 0 Å². The molecule has 0 radical (unpaired) electrons. The summed E-state index contributed by atoms with van der Waals surface area (Å²) < 4.78 is 5.48. The molecule has 10 heteroatoms. The number of alkyl halides is 1. The summed E-state index contributed by atoms with van der Waals surface area (Å²) in [6, 6.07) is 14.7. The molecule has 3 atom stereocenters. The van der Waals surface area contributed by atoms with Crippen molar-refractivity contribution in [2.24, 2.45) is 4.99 Å². The fourth-order valence-electron chi connectivity index (χ4n) is 4.05. The number of nitro groups is 1. The molecule has 0 saturated carbocycles. The molecular weight excluding hydrogens is 557 g/mol. The molecule has 0 unspecified atom stereocenters. The molecule has 0 N–H and O–H groups in total. The Morgan fingerprint density at radius 1 is 1.24 bits per heavy atom. The number of aliphatic imine (C=N–C) groups is 1. The minimum Gasteiger partial charge on any atom is -0.459 e. The van der Waals surface area contributed by atoms with Gasteiger partial charge in [0, 0.05) is 27.5 Å². The number of ether oxygens (including phenoxy) is 1.